The van der Waals surface area contributed by atoms with E-state index >= 15 is 0 Å². The highest BCUT2D eigenvalue weighted by molar-refractivity contribution is 7.10. The molecule has 1 aromatic carbocycles. The molecule has 1 aliphatic rings. The van der Waals surface area contributed by atoms with Gasteiger partial charge in [-0.2, -0.15) is 9.64 Å². The van der Waals surface area contributed by atoms with Gasteiger partial charge in [0.25, 0.3) is 0 Å². The zero-order valence-corrected chi connectivity index (χ0v) is 12.7. The quantitative estimate of drug-likeness (QED) is 0.852. The Morgan fingerprint density at radius 1 is 1.41 bits per heavy atom. The molecule has 0 N–H and O–H groups in total. The molecule has 1 aromatic heterocycles. The zero-order chi connectivity index (χ0) is 15.7. The average molecular weight is 321 g/mol. The first kappa shape index (κ1) is 14.9. The number of aryl methyl sites for hydroxylation is 1. The molecule has 1 aliphatic heterocycles. The minimum atomic E-state index is -0.885. The van der Waals surface area contributed by atoms with Crippen LogP contribution in [-0.4, -0.2) is 24.1 Å². The number of nitriles is 1. The Balaban J connectivity index is 1.85. The maximum atomic E-state index is 13.4. The maximum absolute atomic E-state index is 13.4. The Morgan fingerprint density at radius 3 is 2.95 bits per heavy atom. The standard InChI is InChI=1S/C15H13F2N3OS/c1-9-11(7-18)15(22-19-9)20-4-5-21-14(8-20)10-2-3-12(16)13(17)6-10/h2-3,6,14H,4-5,8H2,1H3/t14-/m1/s1. The molecule has 1 atom stereocenters. The van der Waals surface area contributed by atoms with E-state index in [0.717, 1.165) is 17.1 Å². The van der Waals surface area contributed by atoms with Crippen LogP contribution in [0.5, 0.6) is 0 Å². The predicted molar refractivity (Wildman–Crippen MR) is 78.8 cm³/mol. The number of aromatic nitrogens is 1. The average Bonchev–Trinajstić information content (AvgIpc) is 2.91. The van der Waals surface area contributed by atoms with Gasteiger partial charge in [-0.15, -0.1) is 0 Å². The smallest absolute Gasteiger partial charge is 0.159 e. The van der Waals surface area contributed by atoms with Gasteiger partial charge in [-0.05, 0) is 36.2 Å². The van der Waals surface area contributed by atoms with E-state index in [9.17, 15) is 14.0 Å². The number of rotatable bonds is 2. The molecule has 22 heavy (non-hydrogen) atoms. The monoisotopic (exact) mass is 321 g/mol. The second-order valence-electron chi connectivity index (χ2n) is 5.04. The SMILES string of the molecule is Cc1nsc(N2CCO[C@@H](c3ccc(F)c(F)c3)C2)c1C#N. The fourth-order valence-corrected chi connectivity index (χ4v) is 3.33. The van der Waals surface area contributed by atoms with E-state index in [1.165, 1.54) is 17.6 Å². The molecule has 7 heteroatoms. The Kier molecular flexibility index (Phi) is 4.05. The topological polar surface area (TPSA) is 49.2 Å². The molecule has 1 saturated heterocycles. The van der Waals surface area contributed by atoms with E-state index in [1.54, 1.807) is 6.92 Å². The fourth-order valence-electron chi connectivity index (χ4n) is 2.45. The van der Waals surface area contributed by atoms with Crippen molar-refractivity contribution >= 4 is 16.5 Å². The maximum Gasteiger partial charge on any atom is 0.159 e. The summed E-state index contributed by atoms with van der Waals surface area (Å²) in [5, 5.41) is 10.0. The van der Waals surface area contributed by atoms with Crippen LogP contribution in [0.1, 0.15) is 22.9 Å². The summed E-state index contributed by atoms with van der Waals surface area (Å²) in [5.41, 5.74) is 1.86. The molecular formula is C15H13F2N3OS. The third-order valence-corrected chi connectivity index (χ3v) is 4.63. The third-order valence-electron chi connectivity index (χ3n) is 3.63. The molecule has 0 radical (unpaired) electrons. The number of nitrogens with zero attached hydrogens (tertiary/aromatic N) is 3. The largest absolute Gasteiger partial charge is 0.370 e. The normalized spacial score (nSPS) is 18.3. The molecule has 0 saturated carbocycles. The highest BCUT2D eigenvalue weighted by atomic mass is 32.1. The van der Waals surface area contributed by atoms with Gasteiger partial charge in [0.15, 0.2) is 11.6 Å². The van der Waals surface area contributed by atoms with Gasteiger partial charge in [-0.3, -0.25) is 0 Å². The number of benzene rings is 1. The summed E-state index contributed by atoms with van der Waals surface area (Å²) in [6.45, 7) is 3.36. The van der Waals surface area contributed by atoms with Crippen molar-refractivity contribution in [1.29, 1.82) is 5.26 Å². The van der Waals surface area contributed by atoms with Crippen molar-refractivity contribution in [2.75, 3.05) is 24.6 Å². The van der Waals surface area contributed by atoms with Gasteiger partial charge < -0.3 is 9.64 Å². The minimum absolute atomic E-state index is 0.363. The molecule has 0 spiro atoms. The van der Waals surface area contributed by atoms with Gasteiger partial charge in [0, 0.05) is 13.1 Å². The Bertz CT molecular complexity index is 741. The van der Waals surface area contributed by atoms with Crippen LogP contribution in [0.25, 0.3) is 0 Å². The lowest BCUT2D eigenvalue weighted by atomic mass is 10.1. The Labute approximate surface area is 130 Å². The van der Waals surface area contributed by atoms with E-state index in [1.807, 2.05) is 4.90 Å². The van der Waals surface area contributed by atoms with Crippen LogP contribution in [-0.2, 0) is 4.74 Å². The molecule has 0 unspecified atom stereocenters. The highest BCUT2D eigenvalue weighted by Gasteiger charge is 2.26. The van der Waals surface area contributed by atoms with Gasteiger partial charge in [0.1, 0.15) is 22.7 Å². The summed E-state index contributed by atoms with van der Waals surface area (Å²) in [7, 11) is 0. The summed E-state index contributed by atoms with van der Waals surface area (Å²) in [4.78, 5) is 2.01. The zero-order valence-electron chi connectivity index (χ0n) is 11.8. The minimum Gasteiger partial charge on any atom is -0.370 e. The first-order chi connectivity index (χ1) is 10.6. The van der Waals surface area contributed by atoms with Crippen LogP contribution in [0.3, 0.4) is 0 Å². The van der Waals surface area contributed by atoms with Crippen molar-refractivity contribution in [2.24, 2.45) is 0 Å². The first-order valence-electron chi connectivity index (χ1n) is 6.78. The number of ether oxygens (including phenoxy) is 1. The number of anilines is 1. The molecule has 114 valence electrons. The lowest BCUT2D eigenvalue weighted by molar-refractivity contribution is 0.0397. The lowest BCUT2D eigenvalue weighted by Crippen LogP contribution is -2.38. The number of hydrogen-bond acceptors (Lipinski definition) is 5. The fraction of sp³-hybridized carbons (Fsp3) is 0.333. The van der Waals surface area contributed by atoms with Crippen molar-refractivity contribution in [1.82, 2.24) is 4.37 Å². The van der Waals surface area contributed by atoms with Crippen molar-refractivity contribution in [3.05, 3.63) is 46.7 Å². The van der Waals surface area contributed by atoms with Crippen LogP contribution in [0.15, 0.2) is 18.2 Å². The summed E-state index contributed by atoms with van der Waals surface area (Å²) < 4.78 is 36.3. The molecule has 1 fully saturated rings. The van der Waals surface area contributed by atoms with Crippen LogP contribution >= 0.6 is 11.5 Å². The van der Waals surface area contributed by atoms with Crippen molar-refractivity contribution in [3.8, 4) is 6.07 Å². The molecule has 3 rings (SSSR count). The second kappa shape index (κ2) is 5.99. The summed E-state index contributed by atoms with van der Waals surface area (Å²) in [5.74, 6) is -1.76. The predicted octanol–water partition coefficient (Wildman–Crippen LogP) is 3.18. The van der Waals surface area contributed by atoms with Gasteiger partial charge in [0.2, 0.25) is 0 Å². The van der Waals surface area contributed by atoms with Crippen LogP contribution in [0.4, 0.5) is 13.8 Å². The molecule has 2 heterocycles. The number of hydrogen-bond donors (Lipinski definition) is 0. The first-order valence-corrected chi connectivity index (χ1v) is 7.55. The van der Waals surface area contributed by atoms with E-state index in [2.05, 4.69) is 10.4 Å². The molecular weight excluding hydrogens is 308 g/mol. The lowest BCUT2D eigenvalue weighted by Gasteiger charge is -2.33. The van der Waals surface area contributed by atoms with E-state index in [4.69, 9.17) is 4.74 Å². The van der Waals surface area contributed by atoms with Crippen LogP contribution in [0, 0.1) is 29.9 Å². The van der Waals surface area contributed by atoms with Gasteiger partial charge in [-0.1, -0.05) is 6.07 Å². The van der Waals surface area contributed by atoms with E-state index in [-0.39, 0.29) is 6.10 Å². The van der Waals surface area contributed by atoms with Crippen LogP contribution in [0.2, 0.25) is 0 Å². The molecule has 2 aromatic rings. The van der Waals surface area contributed by atoms with Crippen molar-refractivity contribution in [2.45, 2.75) is 13.0 Å². The van der Waals surface area contributed by atoms with Crippen molar-refractivity contribution in [3.63, 3.8) is 0 Å². The molecule has 0 amide bonds. The van der Waals surface area contributed by atoms with E-state index in [0.29, 0.717) is 36.5 Å². The summed E-state index contributed by atoms with van der Waals surface area (Å²) in [6.07, 6.45) is -0.363. The Hall–Kier alpha value is -2.04. The summed E-state index contributed by atoms with van der Waals surface area (Å²) >= 11 is 1.27. The van der Waals surface area contributed by atoms with Crippen LogP contribution < -0.4 is 4.90 Å². The number of morpholine rings is 1. The van der Waals surface area contributed by atoms with Crippen molar-refractivity contribution < 1.29 is 13.5 Å². The molecule has 0 aliphatic carbocycles. The molecule has 4 nitrogen and oxygen atoms in total. The van der Waals surface area contributed by atoms with Gasteiger partial charge in [0.05, 0.1) is 12.3 Å². The Morgan fingerprint density at radius 2 is 2.23 bits per heavy atom. The molecule has 0 bridgehead atoms. The second-order valence-corrected chi connectivity index (χ2v) is 5.79. The van der Waals surface area contributed by atoms with Gasteiger partial charge >= 0.3 is 0 Å². The third kappa shape index (κ3) is 2.67. The highest BCUT2D eigenvalue weighted by Crippen LogP contribution is 2.32. The van der Waals surface area contributed by atoms with E-state index < -0.39 is 11.6 Å². The van der Waals surface area contributed by atoms with Gasteiger partial charge in [-0.25, -0.2) is 8.78 Å². The number of halogens is 2. The summed E-state index contributed by atoms with van der Waals surface area (Å²) in [6, 6.07) is 5.95.